The Morgan fingerprint density at radius 2 is 1.79 bits per heavy atom. The fourth-order valence-electron chi connectivity index (χ4n) is 2.38. The summed E-state index contributed by atoms with van der Waals surface area (Å²) in [6.45, 7) is 2.10. The molecule has 0 fully saturated rings. The predicted molar refractivity (Wildman–Crippen MR) is 98.5 cm³/mol. The van der Waals surface area contributed by atoms with Gasteiger partial charge in [0.05, 0.1) is 11.3 Å². The second kappa shape index (κ2) is 7.28. The van der Waals surface area contributed by atoms with Crippen LogP contribution in [-0.4, -0.2) is 10.9 Å². The van der Waals surface area contributed by atoms with Crippen molar-refractivity contribution in [1.29, 1.82) is 0 Å². The lowest BCUT2D eigenvalue weighted by Gasteiger charge is -2.07. The van der Waals surface area contributed by atoms with E-state index in [1.807, 2.05) is 48.5 Å². The van der Waals surface area contributed by atoms with E-state index in [4.69, 9.17) is 11.6 Å². The van der Waals surface area contributed by atoms with Gasteiger partial charge >= 0.3 is 0 Å². The molecule has 0 aliphatic carbocycles. The maximum Gasteiger partial charge on any atom is 0.257 e. The molecule has 1 N–H and O–H groups in total. The van der Waals surface area contributed by atoms with Gasteiger partial charge in [-0.1, -0.05) is 48.9 Å². The fourth-order valence-corrected chi connectivity index (χ4v) is 2.62. The fraction of sp³-hybridized carbons (Fsp3) is 0.100. The van der Waals surface area contributed by atoms with Crippen LogP contribution in [0.2, 0.25) is 5.02 Å². The first-order chi connectivity index (χ1) is 11.7. The van der Waals surface area contributed by atoms with Gasteiger partial charge in [0.1, 0.15) is 0 Å². The highest BCUT2D eigenvalue weighted by molar-refractivity contribution is 6.33. The second-order valence-electron chi connectivity index (χ2n) is 5.42. The summed E-state index contributed by atoms with van der Waals surface area (Å²) in [5, 5.41) is 3.51. The first-order valence-electron chi connectivity index (χ1n) is 7.78. The Morgan fingerprint density at radius 3 is 2.42 bits per heavy atom. The Morgan fingerprint density at radius 1 is 1.04 bits per heavy atom. The maximum absolute atomic E-state index is 12.3. The van der Waals surface area contributed by atoms with E-state index in [0.29, 0.717) is 10.6 Å². The van der Waals surface area contributed by atoms with Crippen LogP contribution in [0.1, 0.15) is 22.8 Å². The highest BCUT2D eigenvalue weighted by atomic mass is 35.5. The number of pyridine rings is 1. The van der Waals surface area contributed by atoms with Crippen LogP contribution in [0.15, 0.2) is 66.9 Å². The summed E-state index contributed by atoms with van der Waals surface area (Å²) in [7, 11) is 0. The molecule has 2 aromatic carbocycles. The zero-order chi connectivity index (χ0) is 16.9. The van der Waals surface area contributed by atoms with Crippen molar-refractivity contribution in [1.82, 2.24) is 4.98 Å². The van der Waals surface area contributed by atoms with Gasteiger partial charge in [0.15, 0.2) is 0 Å². The molecular weight excluding hydrogens is 320 g/mol. The number of aromatic nitrogens is 1. The summed E-state index contributed by atoms with van der Waals surface area (Å²) in [6, 6.07) is 18.9. The minimum absolute atomic E-state index is 0.183. The number of nitrogens with one attached hydrogen (secondary N) is 1. The first kappa shape index (κ1) is 16.2. The van der Waals surface area contributed by atoms with Gasteiger partial charge in [0.2, 0.25) is 0 Å². The number of benzene rings is 2. The number of rotatable bonds is 4. The highest BCUT2D eigenvalue weighted by Crippen LogP contribution is 2.25. The standard InChI is InChI=1S/C20H17ClN2O/c1-2-14-7-10-16(11-8-14)23-20(24)15-9-12-19(22-13-15)17-5-3-4-6-18(17)21/h3-13H,2H2,1H3,(H,23,24). The second-order valence-corrected chi connectivity index (χ2v) is 5.82. The van der Waals surface area contributed by atoms with E-state index in [9.17, 15) is 4.79 Å². The maximum atomic E-state index is 12.3. The molecule has 0 saturated heterocycles. The monoisotopic (exact) mass is 336 g/mol. The van der Waals surface area contributed by atoms with Crippen molar-refractivity contribution in [3.63, 3.8) is 0 Å². The van der Waals surface area contributed by atoms with Gasteiger partial charge in [-0.25, -0.2) is 0 Å². The Balaban J connectivity index is 1.75. The summed E-state index contributed by atoms with van der Waals surface area (Å²) in [5.41, 5.74) is 4.10. The van der Waals surface area contributed by atoms with E-state index in [1.54, 1.807) is 18.3 Å². The summed E-state index contributed by atoms with van der Waals surface area (Å²) in [6.07, 6.45) is 2.54. The number of nitrogens with zero attached hydrogens (tertiary/aromatic N) is 1. The Hall–Kier alpha value is -2.65. The van der Waals surface area contributed by atoms with E-state index in [2.05, 4.69) is 17.2 Å². The molecule has 3 nitrogen and oxygen atoms in total. The SMILES string of the molecule is CCc1ccc(NC(=O)c2ccc(-c3ccccc3Cl)nc2)cc1. The lowest BCUT2D eigenvalue weighted by Crippen LogP contribution is -2.12. The lowest BCUT2D eigenvalue weighted by molar-refractivity contribution is 0.102. The van der Waals surface area contributed by atoms with Crippen LogP contribution in [0.4, 0.5) is 5.69 Å². The van der Waals surface area contributed by atoms with Gasteiger partial charge in [-0.05, 0) is 42.3 Å². The van der Waals surface area contributed by atoms with Gasteiger partial charge in [0.25, 0.3) is 5.91 Å². The molecule has 24 heavy (non-hydrogen) atoms. The molecule has 120 valence electrons. The van der Waals surface area contributed by atoms with Crippen molar-refractivity contribution in [2.45, 2.75) is 13.3 Å². The van der Waals surface area contributed by atoms with E-state index in [-0.39, 0.29) is 5.91 Å². The van der Waals surface area contributed by atoms with Crippen molar-refractivity contribution in [2.24, 2.45) is 0 Å². The van der Waals surface area contributed by atoms with Crippen LogP contribution in [0, 0.1) is 0 Å². The molecule has 0 spiro atoms. The zero-order valence-electron chi connectivity index (χ0n) is 13.3. The minimum atomic E-state index is -0.183. The van der Waals surface area contributed by atoms with E-state index < -0.39 is 0 Å². The third kappa shape index (κ3) is 3.63. The molecule has 0 aliphatic heterocycles. The Labute approximate surface area is 146 Å². The van der Waals surface area contributed by atoms with Crippen LogP contribution in [0.5, 0.6) is 0 Å². The number of hydrogen-bond donors (Lipinski definition) is 1. The molecule has 1 amide bonds. The van der Waals surface area contributed by atoms with Gasteiger partial charge < -0.3 is 5.32 Å². The van der Waals surface area contributed by atoms with Crippen LogP contribution in [-0.2, 0) is 6.42 Å². The van der Waals surface area contributed by atoms with Crippen molar-refractivity contribution < 1.29 is 4.79 Å². The molecular formula is C20H17ClN2O. The van der Waals surface area contributed by atoms with E-state index in [1.165, 1.54) is 5.56 Å². The normalized spacial score (nSPS) is 10.4. The summed E-state index contributed by atoms with van der Waals surface area (Å²) < 4.78 is 0. The number of anilines is 1. The van der Waals surface area contributed by atoms with E-state index in [0.717, 1.165) is 23.4 Å². The van der Waals surface area contributed by atoms with Crippen LogP contribution in [0.3, 0.4) is 0 Å². The molecule has 0 bridgehead atoms. The number of aryl methyl sites for hydroxylation is 1. The zero-order valence-corrected chi connectivity index (χ0v) is 14.0. The summed E-state index contributed by atoms with van der Waals surface area (Å²) >= 11 is 6.17. The molecule has 0 atom stereocenters. The largest absolute Gasteiger partial charge is 0.322 e. The van der Waals surface area contributed by atoms with Crippen molar-refractivity contribution in [2.75, 3.05) is 5.32 Å². The molecule has 3 rings (SSSR count). The lowest BCUT2D eigenvalue weighted by atomic mass is 10.1. The van der Waals surface area contributed by atoms with Gasteiger partial charge in [-0.2, -0.15) is 0 Å². The van der Waals surface area contributed by atoms with Gasteiger partial charge in [0, 0.05) is 22.5 Å². The number of halogens is 1. The molecule has 0 saturated carbocycles. The quantitative estimate of drug-likeness (QED) is 0.710. The van der Waals surface area contributed by atoms with Crippen LogP contribution in [0.25, 0.3) is 11.3 Å². The third-order valence-corrected chi connectivity index (χ3v) is 4.13. The smallest absolute Gasteiger partial charge is 0.257 e. The first-order valence-corrected chi connectivity index (χ1v) is 8.16. The van der Waals surface area contributed by atoms with Crippen molar-refractivity contribution in [3.05, 3.63) is 83.0 Å². The molecule has 0 radical (unpaired) electrons. The molecule has 4 heteroatoms. The molecule has 3 aromatic rings. The number of carbonyl (C=O) groups is 1. The average molecular weight is 337 g/mol. The number of hydrogen-bond acceptors (Lipinski definition) is 2. The predicted octanol–water partition coefficient (Wildman–Crippen LogP) is 5.22. The van der Waals surface area contributed by atoms with E-state index >= 15 is 0 Å². The molecule has 1 heterocycles. The topological polar surface area (TPSA) is 42.0 Å². The average Bonchev–Trinajstić information content (AvgIpc) is 2.63. The van der Waals surface area contributed by atoms with Crippen LogP contribution >= 0.6 is 11.6 Å². The van der Waals surface area contributed by atoms with Crippen molar-refractivity contribution in [3.8, 4) is 11.3 Å². The Kier molecular flexibility index (Phi) is 4.92. The molecule has 0 unspecified atom stereocenters. The number of amides is 1. The molecule has 1 aromatic heterocycles. The summed E-state index contributed by atoms with van der Waals surface area (Å²) in [4.78, 5) is 16.7. The molecule has 0 aliphatic rings. The Bertz CT molecular complexity index is 842. The van der Waals surface area contributed by atoms with Gasteiger partial charge in [-0.15, -0.1) is 0 Å². The van der Waals surface area contributed by atoms with Gasteiger partial charge in [-0.3, -0.25) is 9.78 Å². The third-order valence-electron chi connectivity index (χ3n) is 3.80. The minimum Gasteiger partial charge on any atom is -0.322 e. The highest BCUT2D eigenvalue weighted by Gasteiger charge is 2.09. The summed E-state index contributed by atoms with van der Waals surface area (Å²) in [5.74, 6) is -0.183. The number of carbonyl (C=O) groups excluding carboxylic acids is 1. The van der Waals surface area contributed by atoms with Crippen LogP contribution < -0.4 is 5.32 Å². The van der Waals surface area contributed by atoms with Crippen molar-refractivity contribution >= 4 is 23.2 Å².